The van der Waals surface area contributed by atoms with Crippen LogP contribution in [-0.2, 0) is 9.31 Å². The quantitative estimate of drug-likeness (QED) is 0.264. The van der Waals surface area contributed by atoms with Gasteiger partial charge in [-0.15, -0.1) is 0 Å². The van der Waals surface area contributed by atoms with Crippen molar-refractivity contribution in [2.24, 2.45) is 0 Å². The molecule has 0 aliphatic carbocycles. The number of rotatable bonds is 2. The Hall–Kier alpha value is -3.61. The molecule has 0 spiro atoms. The third-order valence-electron chi connectivity index (χ3n) is 7.54. The molecule has 35 heavy (non-hydrogen) atoms. The molecule has 6 aromatic rings. The smallest absolute Gasteiger partial charge is 0.456 e. The number of aromatic nitrogens is 1. The number of nitrogens with zero attached hydrogens (tertiary/aromatic N) is 1. The summed E-state index contributed by atoms with van der Waals surface area (Å²) in [6.45, 7) is 8.29. The van der Waals surface area contributed by atoms with Gasteiger partial charge in [0.2, 0.25) is 5.89 Å². The first-order valence-corrected chi connectivity index (χ1v) is 11.9. The molecule has 0 amide bonds. The maximum atomic E-state index is 6.28. The van der Waals surface area contributed by atoms with Crippen molar-refractivity contribution < 1.29 is 18.1 Å². The van der Waals surface area contributed by atoms with Gasteiger partial charge in [0.05, 0.1) is 16.6 Å². The van der Waals surface area contributed by atoms with Crippen LogP contribution in [0.5, 0.6) is 0 Å². The Morgan fingerprint density at radius 2 is 1.37 bits per heavy atom. The maximum absolute atomic E-state index is 6.28. The van der Waals surface area contributed by atoms with Crippen molar-refractivity contribution in [3.63, 3.8) is 0 Å². The number of benzene rings is 4. The van der Waals surface area contributed by atoms with E-state index >= 15 is 0 Å². The first-order chi connectivity index (χ1) is 16.8. The van der Waals surface area contributed by atoms with Gasteiger partial charge in [-0.05, 0) is 74.3 Å². The standard InChI is InChI=1S/C29H24BNO4/c1-28(2)29(3,4)35-30(34-28)19-11-12-20-18(16-19)10-13-21-24(20)25-22(32-21)14-15-23-26(25)31-27(33-23)17-8-6-5-7-9-17/h5-16H,1-4H3. The van der Waals surface area contributed by atoms with E-state index in [-0.39, 0.29) is 11.2 Å². The predicted octanol–water partition coefficient (Wildman–Crippen LogP) is 6.85. The molecule has 1 aliphatic rings. The SMILES string of the molecule is CC1(C)OB(c2ccc3c(ccc4oc5ccc6oc(-c7ccccc7)nc6c5c43)c2)OC1(C)C. The average molecular weight is 461 g/mol. The van der Waals surface area contributed by atoms with Crippen LogP contribution >= 0.6 is 0 Å². The fraction of sp³-hybridized carbons (Fsp3) is 0.207. The van der Waals surface area contributed by atoms with Gasteiger partial charge in [0.1, 0.15) is 16.7 Å². The van der Waals surface area contributed by atoms with Gasteiger partial charge in [0, 0.05) is 10.9 Å². The molecule has 1 aliphatic heterocycles. The monoisotopic (exact) mass is 461 g/mol. The number of hydrogen-bond donors (Lipinski definition) is 0. The number of fused-ring (bicyclic) bond motifs is 7. The molecule has 4 aromatic carbocycles. The first-order valence-electron chi connectivity index (χ1n) is 11.9. The molecule has 0 N–H and O–H groups in total. The largest absolute Gasteiger partial charge is 0.494 e. The minimum Gasteiger partial charge on any atom is -0.456 e. The second-order valence-corrected chi connectivity index (χ2v) is 10.3. The van der Waals surface area contributed by atoms with Gasteiger partial charge >= 0.3 is 7.12 Å². The Labute approximate surface area is 202 Å². The highest BCUT2D eigenvalue weighted by molar-refractivity contribution is 6.62. The summed E-state index contributed by atoms with van der Waals surface area (Å²) < 4.78 is 24.9. The summed E-state index contributed by atoms with van der Waals surface area (Å²) in [5, 5.41) is 4.20. The topological polar surface area (TPSA) is 57.6 Å². The molecule has 5 nitrogen and oxygen atoms in total. The molecule has 0 bridgehead atoms. The van der Waals surface area contributed by atoms with Crippen molar-refractivity contribution in [1.82, 2.24) is 4.98 Å². The number of oxazole rings is 1. The molecule has 0 atom stereocenters. The molecular weight excluding hydrogens is 437 g/mol. The highest BCUT2D eigenvalue weighted by atomic mass is 16.7. The van der Waals surface area contributed by atoms with E-state index in [0.717, 1.165) is 54.8 Å². The van der Waals surface area contributed by atoms with Crippen molar-refractivity contribution in [1.29, 1.82) is 0 Å². The van der Waals surface area contributed by atoms with Crippen molar-refractivity contribution in [3.8, 4) is 11.5 Å². The fourth-order valence-electron chi connectivity index (χ4n) is 4.92. The van der Waals surface area contributed by atoms with E-state index in [1.165, 1.54) is 0 Å². The third kappa shape index (κ3) is 3.00. The molecule has 1 fully saturated rings. The van der Waals surface area contributed by atoms with Crippen molar-refractivity contribution in [2.75, 3.05) is 0 Å². The Bertz CT molecular complexity index is 1750. The minimum atomic E-state index is -0.406. The Kier molecular flexibility index (Phi) is 4.13. The molecule has 0 saturated carbocycles. The minimum absolute atomic E-state index is 0.383. The second-order valence-electron chi connectivity index (χ2n) is 10.3. The van der Waals surface area contributed by atoms with E-state index in [2.05, 4.69) is 52.0 Å². The van der Waals surface area contributed by atoms with E-state index in [9.17, 15) is 0 Å². The molecule has 172 valence electrons. The summed E-state index contributed by atoms with van der Waals surface area (Å²) in [6, 6.07) is 24.3. The van der Waals surface area contributed by atoms with Crippen molar-refractivity contribution in [2.45, 2.75) is 38.9 Å². The first kappa shape index (κ1) is 20.7. The van der Waals surface area contributed by atoms with Gasteiger partial charge in [-0.3, -0.25) is 0 Å². The van der Waals surface area contributed by atoms with E-state index < -0.39 is 7.12 Å². The Morgan fingerprint density at radius 1 is 0.686 bits per heavy atom. The third-order valence-corrected chi connectivity index (χ3v) is 7.54. The zero-order valence-corrected chi connectivity index (χ0v) is 20.1. The highest BCUT2D eigenvalue weighted by Crippen LogP contribution is 2.40. The van der Waals surface area contributed by atoms with Crippen LogP contribution in [0.1, 0.15) is 27.7 Å². The Morgan fingerprint density at radius 3 is 2.14 bits per heavy atom. The highest BCUT2D eigenvalue weighted by Gasteiger charge is 2.51. The average Bonchev–Trinajstić information content (AvgIpc) is 3.50. The Balaban J connectivity index is 1.43. The van der Waals surface area contributed by atoms with Crippen LogP contribution in [0.3, 0.4) is 0 Å². The molecule has 0 unspecified atom stereocenters. The zero-order chi connectivity index (χ0) is 23.9. The molecule has 0 radical (unpaired) electrons. The van der Waals surface area contributed by atoms with Gasteiger partial charge in [0.15, 0.2) is 5.58 Å². The summed E-state index contributed by atoms with van der Waals surface area (Å²) in [6.07, 6.45) is 0. The van der Waals surface area contributed by atoms with Crippen LogP contribution < -0.4 is 5.46 Å². The van der Waals surface area contributed by atoms with E-state index in [1.54, 1.807) is 0 Å². The zero-order valence-electron chi connectivity index (χ0n) is 20.1. The molecule has 3 heterocycles. The molecule has 6 heteroatoms. The van der Waals surface area contributed by atoms with Crippen molar-refractivity contribution in [3.05, 3.63) is 72.8 Å². The fourth-order valence-corrected chi connectivity index (χ4v) is 4.92. The summed E-state index contributed by atoms with van der Waals surface area (Å²) >= 11 is 0. The molecular formula is C29H24BNO4. The summed E-state index contributed by atoms with van der Waals surface area (Å²) in [5.74, 6) is 0.603. The lowest BCUT2D eigenvalue weighted by molar-refractivity contribution is 0.00578. The summed E-state index contributed by atoms with van der Waals surface area (Å²) in [5.41, 5.74) is 4.35. The van der Waals surface area contributed by atoms with E-state index in [1.807, 2.05) is 48.5 Å². The van der Waals surface area contributed by atoms with Gasteiger partial charge in [-0.2, -0.15) is 0 Å². The van der Waals surface area contributed by atoms with E-state index in [0.29, 0.717) is 5.89 Å². The van der Waals surface area contributed by atoms with Crippen LogP contribution in [0.15, 0.2) is 81.6 Å². The van der Waals surface area contributed by atoms with Crippen LogP contribution in [0.2, 0.25) is 0 Å². The second kappa shape index (κ2) is 6.97. The lowest BCUT2D eigenvalue weighted by Crippen LogP contribution is -2.41. The van der Waals surface area contributed by atoms with Crippen LogP contribution in [0.4, 0.5) is 0 Å². The van der Waals surface area contributed by atoms with Gasteiger partial charge in [0.25, 0.3) is 0 Å². The summed E-state index contributed by atoms with van der Waals surface area (Å²) in [7, 11) is -0.406. The molecule has 7 rings (SSSR count). The summed E-state index contributed by atoms with van der Waals surface area (Å²) in [4.78, 5) is 4.89. The van der Waals surface area contributed by atoms with Gasteiger partial charge in [-0.25, -0.2) is 4.98 Å². The predicted molar refractivity (Wildman–Crippen MR) is 140 cm³/mol. The lowest BCUT2D eigenvalue weighted by Gasteiger charge is -2.32. The van der Waals surface area contributed by atoms with E-state index in [4.69, 9.17) is 23.1 Å². The van der Waals surface area contributed by atoms with Gasteiger partial charge < -0.3 is 18.1 Å². The number of furan rings is 1. The molecule has 1 saturated heterocycles. The molecule has 2 aromatic heterocycles. The van der Waals surface area contributed by atoms with Crippen LogP contribution in [0, 0.1) is 0 Å². The van der Waals surface area contributed by atoms with Crippen molar-refractivity contribution >= 4 is 56.4 Å². The number of hydrogen-bond acceptors (Lipinski definition) is 5. The normalized spacial score (nSPS) is 17.3. The van der Waals surface area contributed by atoms with Crippen LogP contribution in [0.25, 0.3) is 55.3 Å². The van der Waals surface area contributed by atoms with Gasteiger partial charge in [-0.1, -0.05) is 42.5 Å². The maximum Gasteiger partial charge on any atom is 0.494 e. The lowest BCUT2D eigenvalue weighted by atomic mass is 9.78. The van der Waals surface area contributed by atoms with Crippen LogP contribution in [-0.4, -0.2) is 23.3 Å².